The van der Waals surface area contributed by atoms with E-state index in [2.05, 4.69) is 25.5 Å². The lowest BCUT2D eigenvalue weighted by Gasteiger charge is -2.37. The standard InChI is InChI=1S/C30H35N5O5/c1-17-11-18(2)33-29(38)26(17)15-32-28(37)25-12-21(20-5-6-23(16-36)31-14-20)13-27(19(25)3)35(4)24-9-7-22(8-10-24)34-30(39)40/h5-6,11-14,16,22,24,34H,7-10,15H2,1-4H3,(H,32,37)(H,33,38)(H,39,40). The Hall–Kier alpha value is -4.47. The summed E-state index contributed by atoms with van der Waals surface area (Å²) in [5.74, 6) is -0.305. The zero-order valence-corrected chi connectivity index (χ0v) is 23.2. The minimum atomic E-state index is -1.01. The summed E-state index contributed by atoms with van der Waals surface area (Å²) in [5, 5.41) is 14.6. The van der Waals surface area contributed by atoms with Gasteiger partial charge in [-0.15, -0.1) is 0 Å². The van der Waals surface area contributed by atoms with Gasteiger partial charge in [-0.2, -0.15) is 0 Å². The number of aryl methyl sites for hydroxylation is 2. The van der Waals surface area contributed by atoms with Crippen molar-refractivity contribution in [3.8, 4) is 11.1 Å². The van der Waals surface area contributed by atoms with E-state index in [-0.39, 0.29) is 30.1 Å². The lowest BCUT2D eigenvalue weighted by atomic mass is 9.89. The third-order valence-electron chi connectivity index (χ3n) is 7.74. The van der Waals surface area contributed by atoms with Gasteiger partial charge in [-0.25, -0.2) is 4.79 Å². The second-order valence-corrected chi connectivity index (χ2v) is 10.4. The number of H-pyrrole nitrogens is 1. The third-order valence-corrected chi connectivity index (χ3v) is 7.74. The molecule has 1 saturated carbocycles. The fourth-order valence-electron chi connectivity index (χ4n) is 5.46. The summed E-state index contributed by atoms with van der Waals surface area (Å²) in [5.41, 5.74) is 5.84. The second-order valence-electron chi connectivity index (χ2n) is 10.4. The van der Waals surface area contributed by atoms with Gasteiger partial charge < -0.3 is 25.6 Å². The van der Waals surface area contributed by atoms with Crippen molar-refractivity contribution < 1.29 is 19.5 Å². The first-order chi connectivity index (χ1) is 19.1. The zero-order valence-electron chi connectivity index (χ0n) is 23.2. The molecule has 210 valence electrons. The molecule has 1 fully saturated rings. The Morgan fingerprint density at radius 3 is 2.42 bits per heavy atom. The van der Waals surface area contributed by atoms with Crippen LogP contribution in [0.15, 0.2) is 41.3 Å². The number of carboxylic acid groups (broad SMARTS) is 1. The van der Waals surface area contributed by atoms with E-state index in [1.165, 1.54) is 0 Å². The van der Waals surface area contributed by atoms with E-state index in [9.17, 15) is 19.2 Å². The number of carbonyl (C=O) groups excluding carboxylic acids is 2. The summed E-state index contributed by atoms with van der Waals surface area (Å²) < 4.78 is 0. The van der Waals surface area contributed by atoms with Crippen molar-refractivity contribution in [2.75, 3.05) is 11.9 Å². The minimum Gasteiger partial charge on any atom is -0.465 e. The van der Waals surface area contributed by atoms with Crippen LogP contribution in [0.3, 0.4) is 0 Å². The molecule has 0 spiro atoms. The van der Waals surface area contributed by atoms with Crippen molar-refractivity contribution in [2.45, 2.75) is 65.1 Å². The molecule has 0 atom stereocenters. The number of carbonyl (C=O) groups is 3. The highest BCUT2D eigenvalue weighted by Crippen LogP contribution is 2.34. The van der Waals surface area contributed by atoms with Crippen LogP contribution in [0.1, 0.15) is 68.9 Å². The molecule has 1 aromatic carbocycles. The maximum Gasteiger partial charge on any atom is 0.404 e. The summed E-state index contributed by atoms with van der Waals surface area (Å²) in [6, 6.07) is 9.23. The number of nitrogens with zero attached hydrogens (tertiary/aromatic N) is 2. The van der Waals surface area contributed by atoms with E-state index in [4.69, 9.17) is 5.11 Å². The van der Waals surface area contributed by atoms with Crippen molar-refractivity contribution in [1.29, 1.82) is 0 Å². The second kappa shape index (κ2) is 12.1. The number of aldehydes is 1. The number of amides is 2. The SMILES string of the molecule is Cc1cc(C)c(CNC(=O)c2cc(-c3ccc(C=O)nc3)cc(N(C)C3CCC(NC(=O)O)CC3)c2C)c(=O)[nH]1. The molecule has 3 aromatic rings. The summed E-state index contributed by atoms with van der Waals surface area (Å²) >= 11 is 0. The number of aromatic nitrogens is 2. The first-order valence-electron chi connectivity index (χ1n) is 13.3. The van der Waals surface area contributed by atoms with Gasteiger partial charge in [0.15, 0.2) is 6.29 Å². The van der Waals surface area contributed by atoms with Crippen LogP contribution in [0.4, 0.5) is 10.5 Å². The average Bonchev–Trinajstić information content (AvgIpc) is 2.92. The monoisotopic (exact) mass is 545 g/mol. The van der Waals surface area contributed by atoms with Crippen molar-refractivity contribution >= 4 is 24.0 Å². The smallest absolute Gasteiger partial charge is 0.404 e. The molecule has 0 bridgehead atoms. The van der Waals surface area contributed by atoms with Gasteiger partial charge in [-0.05, 0) is 87.4 Å². The molecule has 0 radical (unpaired) electrons. The topological polar surface area (TPSA) is 144 Å². The summed E-state index contributed by atoms with van der Waals surface area (Å²) in [4.78, 5) is 57.3. The molecule has 10 nitrogen and oxygen atoms in total. The first kappa shape index (κ1) is 28.5. The third kappa shape index (κ3) is 6.39. The van der Waals surface area contributed by atoms with Gasteiger partial charge in [-0.1, -0.05) is 6.07 Å². The van der Waals surface area contributed by atoms with E-state index in [1.54, 1.807) is 24.4 Å². The molecule has 4 rings (SSSR count). The molecule has 0 saturated heterocycles. The Bertz CT molecular complexity index is 1470. The average molecular weight is 546 g/mol. The first-order valence-corrected chi connectivity index (χ1v) is 13.3. The highest BCUT2D eigenvalue weighted by Gasteiger charge is 2.27. The number of hydrogen-bond donors (Lipinski definition) is 4. The minimum absolute atomic E-state index is 0.0632. The zero-order chi connectivity index (χ0) is 29.0. The van der Waals surface area contributed by atoms with Crippen LogP contribution in [0.2, 0.25) is 0 Å². The quantitative estimate of drug-likeness (QED) is 0.312. The normalized spacial score (nSPS) is 16.7. The number of benzene rings is 1. The highest BCUT2D eigenvalue weighted by molar-refractivity contribution is 5.99. The number of nitrogens with one attached hydrogen (secondary N) is 3. The Kier molecular flexibility index (Phi) is 8.67. The van der Waals surface area contributed by atoms with Gasteiger partial charge in [0, 0.05) is 59.9 Å². The predicted molar refractivity (Wildman–Crippen MR) is 153 cm³/mol. The molecule has 2 amide bonds. The molecule has 2 aromatic heterocycles. The van der Waals surface area contributed by atoms with Crippen LogP contribution in [-0.2, 0) is 6.54 Å². The largest absolute Gasteiger partial charge is 0.465 e. The fraction of sp³-hybridized carbons (Fsp3) is 0.367. The molecule has 2 heterocycles. The van der Waals surface area contributed by atoms with Gasteiger partial charge in [0.1, 0.15) is 5.69 Å². The van der Waals surface area contributed by atoms with E-state index in [1.807, 2.05) is 40.0 Å². The predicted octanol–water partition coefficient (Wildman–Crippen LogP) is 4.12. The van der Waals surface area contributed by atoms with Crippen molar-refractivity contribution in [3.05, 3.63) is 80.5 Å². The van der Waals surface area contributed by atoms with Gasteiger partial charge in [0.25, 0.3) is 11.5 Å². The van der Waals surface area contributed by atoms with Crippen molar-refractivity contribution in [2.24, 2.45) is 0 Å². The fourth-order valence-corrected chi connectivity index (χ4v) is 5.46. The van der Waals surface area contributed by atoms with Crippen molar-refractivity contribution in [3.63, 3.8) is 0 Å². The van der Waals surface area contributed by atoms with E-state index in [0.717, 1.165) is 59.3 Å². The Morgan fingerprint density at radius 1 is 1.10 bits per heavy atom. The van der Waals surface area contributed by atoms with Gasteiger partial charge in [0.2, 0.25) is 0 Å². The Balaban J connectivity index is 1.66. The van der Waals surface area contributed by atoms with Crippen LogP contribution in [0.5, 0.6) is 0 Å². The number of hydrogen-bond acceptors (Lipinski definition) is 6. The van der Waals surface area contributed by atoms with Crippen molar-refractivity contribution in [1.82, 2.24) is 20.6 Å². The molecule has 4 N–H and O–H groups in total. The van der Waals surface area contributed by atoms with Crippen LogP contribution < -0.4 is 21.1 Å². The van der Waals surface area contributed by atoms with Crippen LogP contribution in [0.25, 0.3) is 11.1 Å². The van der Waals surface area contributed by atoms with Crippen LogP contribution in [-0.4, -0.2) is 52.5 Å². The lowest BCUT2D eigenvalue weighted by Crippen LogP contribution is -2.42. The van der Waals surface area contributed by atoms with E-state index < -0.39 is 6.09 Å². The van der Waals surface area contributed by atoms with Crippen LogP contribution >= 0.6 is 0 Å². The summed E-state index contributed by atoms with van der Waals surface area (Å²) in [6.45, 7) is 5.65. The lowest BCUT2D eigenvalue weighted by molar-refractivity contribution is 0.0949. The molecular formula is C30H35N5O5. The molecule has 1 aliphatic carbocycles. The molecule has 0 aliphatic heterocycles. The van der Waals surface area contributed by atoms with Gasteiger partial charge in [0.05, 0.1) is 0 Å². The molecule has 1 aliphatic rings. The number of anilines is 1. The summed E-state index contributed by atoms with van der Waals surface area (Å²) in [7, 11) is 1.99. The number of rotatable bonds is 8. The molecule has 40 heavy (non-hydrogen) atoms. The van der Waals surface area contributed by atoms with E-state index >= 15 is 0 Å². The van der Waals surface area contributed by atoms with Crippen LogP contribution in [0, 0.1) is 20.8 Å². The van der Waals surface area contributed by atoms with E-state index in [0.29, 0.717) is 23.1 Å². The Labute approximate surface area is 232 Å². The van der Waals surface area contributed by atoms with Gasteiger partial charge in [-0.3, -0.25) is 19.4 Å². The Morgan fingerprint density at radius 2 is 1.82 bits per heavy atom. The maximum absolute atomic E-state index is 13.5. The summed E-state index contributed by atoms with van der Waals surface area (Å²) in [6.07, 6.45) is 4.35. The molecule has 0 unspecified atom stereocenters. The number of pyridine rings is 2. The molecular weight excluding hydrogens is 510 g/mol. The number of aromatic amines is 1. The maximum atomic E-state index is 13.5. The van der Waals surface area contributed by atoms with Gasteiger partial charge >= 0.3 is 6.09 Å². The highest BCUT2D eigenvalue weighted by atomic mass is 16.4. The molecule has 10 heteroatoms.